The smallest absolute Gasteiger partial charge is 0.263 e. The minimum absolute atomic E-state index is 0.0549. The normalized spacial score (nSPS) is 21.0. The average Bonchev–Trinajstić information content (AvgIpc) is 3.53. The van der Waals surface area contributed by atoms with Crippen LogP contribution in [0.4, 0.5) is 0 Å². The molecule has 0 spiro atoms. The van der Waals surface area contributed by atoms with Gasteiger partial charge in [0.05, 0.1) is 12.6 Å². The van der Waals surface area contributed by atoms with Crippen molar-refractivity contribution in [1.82, 2.24) is 14.7 Å². The van der Waals surface area contributed by atoms with Crippen LogP contribution < -0.4 is 4.74 Å². The molecule has 2 aromatic rings. The molecule has 1 saturated carbocycles. The number of hydrogen-bond donors (Lipinski definition) is 0. The Balaban J connectivity index is 1.34. The molecule has 2 fully saturated rings. The molecule has 7 nitrogen and oxygen atoms in total. The van der Waals surface area contributed by atoms with Crippen molar-refractivity contribution in [2.45, 2.75) is 57.6 Å². The summed E-state index contributed by atoms with van der Waals surface area (Å²) in [6.45, 7) is 7.47. The molecule has 0 radical (unpaired) electrons. The van der Waals surface area contributed by atoms with Gasteiger partial charge in [0.2, 0.25) is 5.91 Å². The first-order valence-electron chi connectivity index (χ1n) is 14.7. The van der Waals surface area contributed by atoms with Crippen LogP contribution in [-0.2, 0) is 20.7 Å². The van der Waals surface area contributed by atoms with Crippen LogP contribution in [0, 0.1) is 5.92 Å². The largest absolute Gasteiger partial charge is 0.481 e. The number of amides is 2. The predicted octanol–water partition coefficient (Wildman–Crippen LogP) is 4.30. The number of carbonyl (C=O) groups is 2. The van der Waals surface area contributed by atoms with Crippen molar-refractivity contribution in [2.24, 2.45) is 5.92 Å². The van der Waals surface area contributed by atoms with E-state index in [9.17, 15) is 9.59 Å². The number of carbonyl (C=O) groups excluding carboxylic acids is 2. The highest BCUT2D eigenvalue weighted by Crippen LogP contribution is 2.39. The Morgan fingerprint density at radius 1 is 0.974 bits per heavy atom. The number of hydrogen-bond acceptors (Lipinski definition) is 5. The molecule has 5 rings (SSSR count). The van der Waals surface area contributed by atoms with Crippen molar-refractivity contribution in [3.05, 3.63) is 65.2 Å². The molecule has 0 aromatic heterocycles. The van der Waals surface area contributed by atoms with Gasteiger partial charge in [-0.05, 0) is 54.5 Å². The fourth-order valence-electron chi connectivity index (χ4n) is 6.39. The molecule has 7 heteroatoms. The number of piperazine rings is 1. The average molecular weight is 534 g/mol. The van der Waals surface area contributed by atoms with Gasteiger partial charge in [-0.25, -0.2) is 0 Å². The second-order valence-corrected chi connectivity index (χ2v) is 11.1. The molecular weight excluding hydrogens is 490 g/mol. The quantitative estimate of drug-likeness (QED) is 0.481. The maximum Gasteiger partial charge on any atom is 0.263 e. The number of rotatable bonds is 9. The Morgan fingerprint density at radius 3 is 2.41 bits per heavy atom. The third-order valence-electron chi connectivity index (χ3n) is 8.67. The monoisotopic (exact) mass is 533 g/mol. The summed E-state index contributed by atoms with van der Waals surface area (Å²) in [6.07, 6.45) is 5.19. The SMILES string of the molecule is CCC(Oc1ccc2c(c1)C(c1ccccc1)N(C(=O)C1CCCC1)CC2)C(=O)N1CCN(CCOC)CC1. The van der Waals surface area contributed by atoms with E-state index in [-0.39, 0.29) is 23.8 Å². The predicted molar refractivity (Wildman–Crippen MR) is 152 cm³/mol. The van der Waals surface area contributed by atoms with Gasteiger partial charge in [-0.3, -0.25) is 14.5 Å². The van der Waals surface area contributed by atoms with Crippen LogP contribution in [0.1, 0.15) is 61.8 Å². The van der Waals surface area contributed by atoms with E-state index in [4.69, 9.17) is 9.47 Å². The third kappa shape index (κ3) is 6.30. The van der Waals surface area contributed by atoms with Gasteiger partial charge in [-0.15, -0.1) is 0 Å². The Morgan fingerprint density at radius 2 is 1.72 bits per heavy atom. The van der Waals surface area contributed by atoms with Gasteiger partial charge in [-0.1, -0.05) is 56.2 Å². The summed E-state index contributed by atoms with van der Waals surface area (Å²) in [7, 11) is 1.72. The van der Waals surface area contributed by atoms with Crippen molar-refractivity contribution < 1.29 is 19.1 Å². The summed E-state index contributed by atoms with van der Waals surface area (Å²) in [5.41, 5.74) is 3.49. The second kappa shape index (κ2) is 13.0. The van der Waals surface area contributed by atoms with Crippen molar-refractivity contribution >= 4 is 11.8 Å². The second-order valence-electron chi connectivity index (χ2n) is 11.1. The van der Waals surface area contributed by atoms with Gasteiger partial charge in [0, 0.05) is 52.3 Å². The van der Waals surface area contributed by atoms with E-state index >= 15 is 0 Å². The lowest BCUT2D eigenvalue weighted by atomic mass is 9.87. The first-order chi connectivity index (χ1) is 19.1. The first-order valence-corrected chi connectivity index (χ1v) is 14.7. The summed E-state index contributed by atoms with van der Waals surface area (Å²) in [4.78, 5) is 33.5. The highest BCUT2D eigenvalue weighted by molar-refractivity contribution is 5.82. The highest BCUT2D eigenvalue weighted by atomic mass is 16.5. The van der Waals surface area contributed by atoms with Crippen LogP contribution in [0.3, 0.4) is 0 Å². The summed E-state index contributed by atoms with van der Waals surface area (Å²) in [5, 5.41) is 0. The van der Waals surface area contributed by atoms with E-state index in [0.29, 0.717) is 31.9 Å². The Bertz CT molecular complexity index is 1110. The zero-order valence-corrected chi connectivity index (χ0v) is 23.5. The third-order valence-corrected chi connectivity index (χ3v) is 8.67. The molecule has 3 aliphatic rings. The van der Waals surface area contributed by atoms with Gasteiger partial charge in [-0.2, -0.15) is 0 Å². The molecule has 2 atom stereocenters. The minimum atomic E-state index is -0.524. The summed E-state index contributed by atoms with van der Waals surface area (Å²) >= 11 is 0. The van der Waals surface area contributed by atoms with E-state index < -0.39 is 6.10 Å². The molecule has 1 saturated heterocycles. The first kappa shape index (κ1) is 27.7. The molecule has 39 heavy (non-hydrogen) atoms. The Labute approximate surface area is 233 Å². The van der Waals surface area contributed by atoms with Gasteiger partial charge in [0.25, 0.3) is 5.91 Å². The molecule has 2 heterocycles. The van der Waals surface area contributed by atoms with Crippen LogP contribution in [0.15, 0.2) is 48.5 Å². The van der Waals surface area contributed by atoms with E-state index in [1.165, 1.54) is 5.56 Å². The number of benzene rings is 2. The molecule has 0 bridgehead atoms. The zero-order valence-electron chi connectivity index (χ0n) is 23.5. The number of methoxy groups -OCH3 is 1. The number of nitrogens with zero attached hydrogens (tertiary/aromatic N) is 3. The minimum Gasteiger partial charge on any atom is -0.481 e. The van der Waals surface area contributed by atoms with E-state index in [1.807, 2.05) is 36.1 Å². The van der Waals surface area contributed by atoms with E-state index in [1.54, 1.807) is 7.11 Å². The van der Waals surface area contributed by atoms with Crippen molar-refractivity contribution in [3.63, 3.8) is 0 Å². The maximum atomic E-state index is 13.7. The van der Waals surface area contributed by atoms with Crippen LogP contribution in [-0.4, -0.2) is 85.6 Å². The lowest BCUT2D eigenvalue weighted by Gasteiger charge is -2.39. The maximum absolute atomic E-state index is 13.7. The molecule has 2 aromatic carbocycles. The van der Waals surface area contributed by atoms with E-state index in [2.05, 4.69) is 34.1 Å². The molecule has 2 amide bonds. The standard InChI is InChI=1S/C32H43N3O4/c1-3-29(32(37)34-19-17-33(18-20-34)21-22-38-2)39-27-14-13-24-15-16-35(31(36)26-11-7-8-12-26)30(28(24)23-27)25-9-5-4-6-10-25/h4-6,9-10,13-14,23,26,29-30H,3,7-8,11-12,15-22H2,1-2H3. The topological polar surface area (TPSA) is 62.3 Å². The molecular formula is C32H43N3O4. The summed E-state index contributed by atoms with van der Waals surface area (Å²) in [6, 6.07) is 16.4. The summed E-state index contributed by atoms with van der Waals surface area (Å²) < 4.78 is 11.6. The van der Waals surface area contributed by atoms with Gasteiger partial charge >= 0.3 is 0 Å². The summed E-state index contributed by atoms with van der Waals surface area (Å²) in [5.74, 6) is 1.17. The van der Waals surface area contributed by atoms with Gasteiger partial charge in [0.1, 0.15) is 5.75 Å². The fourth-order valence-corrected chi connectivity index (χ4v) is 6.39. The van der Waals surface area contributed by atoms with Gasteiger partial charge in [0.15, 0.2) is 6.10 Å². The van der Waals surface area contributed by atoms with Crippen LogP contribution in [0.5, 0.6) is 5.75 Å². The Kier molecular flexibility index (Phi) is 9.20. The molecule has 1 aliphatic carbocycles. The molecule has 2 unspecified atom stereocenters. The highest BCUT2D eigenvalue weighted by Gasteiger charge is 2.37. The Hall–Kier alpha value is -2.90. The fraction of sp³-hybridized carbons (Fsp3) is 0.562. The number of ether oxygens (including phenoxy) is 2. The molecule has 2 aliphatic heterocycles. The lowest BCUT2D eigenvalue weighted by molar-refractivity contribution is -0.140. The number of fused-ring (bicyclic) bond motifs is 1. The molecule has 210 valence electrons. The van der Waals surface area contributed by atoms with E-state index in [0.717, 1.165) is 69.4 Å². The van der Waals surface area contributed by atoms with Crippen molar-refractivity contribution in [2.75, 3.05) is 53.0 Å². The van der Waals surface area contributed by atoms with Crippen LogP contribution in [0.2, 0.25) is 0 Å². The lowest BCUT2D eigenvalue weighted by Crippen LogP contribution is -2.52. The van der Waals surface area contributed by atoms with Crippen LogP contribution in [0.25, 0.3) is 0 Å². The van der Waals surface area contributed by atoms with Gasteiger partial charge < -0.3 is 19.3 Å². The zero-order chi connectivity index (χ0) is 27.2. The van der Waals surface area contributed by atoms with Crippen LogP contribution >= 0.6 is 0 Å². The van der Waals surface area contributed by atoms with Crippen molar-refractivity contribution in [3.8, 4) is 5.75 Å². The molecule has 0 N–H and O–H groups in total. The van der Waals surface area contributed by atoms with Crippen molar-refractivity contribution in [1.29, 1.82) is 0 Å².